The van der Waals surface area contributed by atoms with E-state index in [0.29, 0.717) is 6.04 Å². The van der Waals surface area contributed by atoms with Gasteiger partial charge in [-0.15, -0.1) is 0 Å². The topological polar surface area (TPSA) is 15.3 Å². The summed E-state index contributed by atoms with van der Waals surface area (Å²) in [6.07, 6.45) is 5.31. The first-order valence-corrected chi connectivity index (χ1v) is 7.08. The van der Waals surface area contributed by atoms with Gasteiger partial charge in [-0.1, -0.05) is 18.9 Å². The van der Waals surface area contributed by atoms with Crippen molar-refractivity contribution in [2.75, 3.05) is 19.6 Å². The lowest BCUT2D eigenvalue weighted by Gasteiger charge is -2.35. The Morgan fingerprint density at radius 2 is 1.89 bits per heavy atom. The summed E-state index contributed by atoms with van der Waals surface area (Å²) in [5.41, 5.74) is 2.47. The van der Waals surface area contributed by atoms with Crippen LogP contribution < -0.4 is 5.32 Å². The molecule has 2 aliphatic rings. The van der Waals surface area contributed by atoms with E-state index in [0.717, 1.165) is 18.7 Å². The van der Waals surface area contributed by atoms with Gasteiger partial charge in [-0.25, -0.2) is 4.39 Å². The largest absolute Gasteiger partial charge is 0.311 e. The van der Waals surface area contributed by atoms with E-state index >= 15 is 0 Å². The number of halogens is 1. The van der Waals surface area contributed by atoms with Gasteiger partial charge in [0.05, 0.1) is 0 Å². The van der Waals surface area contributed by atoms with E-state index in [1.165, 1.54) is 44.3 Å². The normalized spacial score (nSPS) is 25.5. The summed E-state index contributed by atoms with van der Waals surface area (Å²) in [5, 5.41) is 3.43. The van der Waals surface area contributed by atoms with Crippen LogP contribution in [0.1, 0.15) is 42.9 Å². The molecule has 1 aromatic carbocycles. The molecular formula is C15H21FN2. The van der Waals surface area contributed by atoms with Gasteiger partial charge in [0.15, 0.2) is 0 Å². The van der Waals surface area contributed by atoms with Crippen LogP contribution in [0.3, 0.4) is 0 Å². The van der Waals surface area contributed by atoms with Gasteiger partial charge in [0, 0.05) is 19.1 Å². The maximum Gasteiger partial charge on any atom is 0.123 e. The lowest BCUT2D eigenvalue weighted by Crippen LogP contribution is -2.40. The van der Waals surface area contributed by atoms with Crippen molar-refractivity contribution in [2.24, 2.45) is 0 Å². The van der Waals surface area contributed by atoms with Crippen molar-refractivity contribution in [3.8, 4) is 0 Å². The molecule has 2 nitrogen and oxygen atoms in total. The molecule has 1 atom stereocenters. The number of hydrogen-bond acceptors (Lipinski definition) is 2. The minimum atomic E-state index is -0.118. The Morgan fingerprint density at radius 1 is 1.11 bits per heavy atom. The van der Waals surface area contributed by atoms with E-state index in [1.807, 2.05) is 6.07 Å². The molecular weight excluding hydrogens is 227 g/mol. The number of nitrogens with zero attached hydrogens (tertiary/aromatic N) is 1. The first-order chi connectivity index (χ1) is 8.84. The Kier molecular flexibility index (Phi) is 3.62. The zero-order valence-electron chi connectivity index (χ0n) is 10.8. The van der Waals surface area contributed by atoms with Gasteiger partial charge in [0.2, 0.25) is 0 Å². The Hall–Kier alpha value is -0.930. The molecule has 0 bridgehead atoms. The van der Waals surface area contributed by atoms with E-state index in [2.05, 4.69) is 10.2 Å². The Balaban J connectivity index is 1.85. The van der Waals surface area contributed by atoms with Crippen molar-refractivity contribution in [3.05, 3.63) is 35.1 Å². The Labute approximate surface area is 108 Å². The van der Waals surface area contributed by atoms with Crippen molar-refractivity contribution in [1.29, 1.82) is 0 Å². The van der Waals surface area contributed by atoms with Crippen LogP contribution in [0.15, 0.2) is 18.2 Å². The van der Waals surface area contributed by atoms with Crippen molar-refractivity contribution in [2.45, 2.75) is 38.3 Å². The summed E-state index contributed by atoms with van der Waals surface area (Å²) in [6, 6.07) is 5.72. The van der Waals surface area contributed by atoms with E-state index in [4.69, 9.17) is 0 Å². The number of nitrogens with one attached hydrogen (secondary N) is 1. The van der Waals surface area contributed by atoms with Gasteiger partial charge in [-0.2, -0.15) is 0 Å². The first-order valence-electron chi connectivity index (χ1n) is 7.08. The molecule has 1 saturated heterocycles. The first kappa shape index (κ1) is 12.1. The second-order valence-corrected chi connectivity index (χ2v) is 5.44. The molecule has 0 aliphatic carbocycles. The highest BCUT2D eigenvalue weighted by Gasteiger charge is 2.26. The molecule has 3 rings (SSSR count). The summed E-state index contributed by atoms with van der Waals surface area (Å²) in [6.45, 7) is 4.17. The molecule has 1 fully saturated rings. The third-order valence-corrected chi connectivity index (χ3v) is 4.20. The van der Waals surface area contributed by atoms with Crippen LogP contribution in [-0.2, 0) is 6.54 Å². The lowest BCUT2D eigenvalue weighted by molar-refractivity contribution is 0.192. The Morgan fingerprint density at radius 3 is 2.67 bits per heavy atom. The number of hydrogen-bond donors (Lipinski definition) is 1. The predicted octanol–water partition coefficient (Wildman–Crippen LogP) is 2.85. The Bertz CT molecular complexity index is 411. The maximum absolute atomic E-state index is 13.3. The van der Waals surface area contributed by atoms with E-state index in [1.54, 1.807) is 12.1 Å². The van der Waals surface area contributed by atoms with Crippen LogP contribution >= 0.6 is 0 Å². The van der Waals surface area contributed by atoms with Crippen molar-refractivity contribution in [1.82, 2.24) is 10.2 Å². The van der Waals surface area contributed by atoms with Crippen molar-refractivity contribution >= 4 is 0 Å². The van der Waals surface area contributed by atoms with E-state index < -0.39 is 0 Å². The number of benzene rings is 1. The number of rotatable bonds is 1. The average Bonchev–Trinajstić information content (AvgIpc) is 2.66. The molecule has 18 heavy (non-hydrogen) atoms. The monoisotopic (exact) mass is 248 g/mol. The van der Waals surface area contributed by atoms with E-state index in [-0.39, 0.29) is 5.82 Å². The molecule has 1 aromatic rings. The van der Waals surface area contributed by atoms with Crippen LogP contribution in [-0.4, -0.2) is 24.5 Å². The molecule has 2 aliphatic heterocycles. The maximum atomic E-state index is 13.3. The highest BCUT2D eigenvalue weighted by molar-refractivity contribution is 5.33. The summed E-state index contributed by atoms with van der Waals surface area (Å²) in [5.74, 6) is -0.118. The van der Waals surface area contributed by atoms with Gasteiger partial charge in [-0.3, -0.25) is 4.90 Å². The number of fused-ring (bicyclic) bond motifs is 1. The second-order valence-electron chi connectivity index (χ2n) is 5.44. The molecule has 0 amide bonds. The van der Waals surface area contributed by atoms with Gasteiger partial charge in [0.1, 0.15) is 5.82 Å². The smallest absolute Gasteiger partial charge is 0.123 e. The minimum Gasteiger partial charge on any atom is -0.311 e. The van der Waals surface area contributed by atoms with Gasteiger partial charge < -0.3 is 5.32 Å². The lowest BCUT2D eigenvalue weighted by atomic mass is 9.95. The summed E-state index contributed by atoms with van der Waals surface area (Å²) in [4.78, 5) is 2.58. The molecule has 3 heteroatoms. The highest BCUT2D eigenvalue weighted by Crippen LogP contribution is 2.29. The van der Waals surface area contributed by atoms with Crippen LogP contribution in [0.4, 0.5) is 4.39 Å². The minimum absolute atomic E-state index is 0.118. The van der Waals surface area contributed by atoms with Gasteiger partial charge in [-0.05, 0) is 49.2 Å². The van der Waals surface area contributed by atoms with Gasteiger partial charge in [0.25, 0.3) is 0 Å². The third kappa shape index (κ3) is 2.43. The highest BCUT2D eigenvalue weighted by atomic mass is 19.1. The average molecular weight is 248 g/mol. The third-order valence-electron chi connectivity index (χ3n) is 4.20. The zero-order valence-corrected chi connectivity index (χ0v) is 10.8. The fourth-order valence-corrected chi connectivity index (χ4v) is 3.24. The van der Waals surface area contributed by atoms with Crippen LogP contribution in [0.2, 0.25) is 0 Å². The summed E-state index contributed by atoms with van der Waals surface area (Å²) < 4.78 is 13.3. The summed E-state index contributed by atoms with van der Waals surface area (Å²) in [7, 11) is 0. The molecule has 98 valence electrons. The van der Waals surface area contributed by atoms with Crippen LogP contribution in [0, 0.1) is 5.82 Å². The fraction of sp³-hybridized carbons (Fsp3) is 0.600. The fourth-order valence-electron chi connectivity index (χ4n) is 3.24. The zero-order chi connectivity index (χ0) is 12.4. The van der Waals surface area contributed by atoms with Gasteiger partial charge >= 0.3 is 0 Å². The summed E-state index contributed by atoms with van der Waals surface area (Å²) >= 11 is 0. The van der Waals surface area contributed by atoms with Crippen LogP contribution in [0.5, 0.6) is 0 Å². The van der Waals surface area contributed by atoms with Crippen molar-refractivity contribution < 1.29 is 4.39 Å². The van der Waals surface area contributed by atoms with Crippen molar-refractivity contribution in [3.63, 3.8) is 0 Å². The second kappa shape index (κ2) is 5.37. The SMILES string of the molecule is Fc1ccc2c(c1)CNC[C@@H]2N1CCCCCC1. The molecule has 0 aromatic heterocycles. The molecule has 0 unspecified atom stereocenters. The molecule has 2 heterocycles. The quantitative estimate of drug-likeness (QED) is 0.822. The standard InChI is InChI=1S/C15H21FN2/c16-13-5-6-14-12(9-13)10-17-11-15(14)18-7-3-1-2-4-8-18/h5-6,9,15,17H,1-4,7-8,10-11H2/t15-/m0/s1. The van der Waals surface area contributed by atoms with E-state index in [9.17, 15) is 4.39 Å². The van der Waals surface area contributed by atoms with Crippen LogP contribution in [0.25, 0.3) is 0 Å². The molecule has 0 saturated carbocycles. The molecule has 1 N–H and O–H groups in total. The predicted molar refractivity (Wildman–Crippen MR) is 70.9 cm³/mol. The number of likely N-dealkylation sites (tertiary alicyclic amines) is 1. The molecule has 0 spiro atoms. The molecule has 0 radical (unpaired) electrons.